The second kappa shape index (κ2) is 15.3. The minimum atomic E-state index is -0.944. The Morgan fingerprint density at radius 3 is 2.32 bits per heavy atom. The minimum Gasteiger partial charge on any atom is -0.550 e. The van der Waals surface area contributed by atoms with Crippen LogP contribution < -0.4 is 44.1 Å². The maximum atomic E-state index is 10.3. The first-order chi connectivity index (χ1) is 11.7. The molecule has 0 aliphatic carbocycles. The minimum absolute atomic E-state index is 0. The monoisotopic (exact) mass is 356 g/mol. The van der Waals surface area contributed by atoms with Crippen molar-refractivity contribution >= 4 is 5.97 Å². The molecular weight excluding hydrogens is 327 g/mol. The molecular formula is C20H29NaO4. The topological polar surface area (TPSA) is 58.6 Å². The van der Waals surface area contributed by atoms with Crippen molar-refractivity contribution in [3.05, 3.63) is 36.4 Å². The fourth-order valence-electron chi connectivity index (χ4n) is 2.56. The molecule has 1 aromatic carbocycles. The van der Waals surface area contributed by atoms with E-state index in [9.17, 15) is 9.90 Å². The summed E-state index contributed by atoms with van der Waals surface area (Å²) in [4.78, 5) is 10.3. The summed E-state index contributed by atoms with van der Waals surface area (Å²) in [5, 5.41) is 10.3. The van der Waals surface area contributed by atoms with Crippen LogP contribution >= 0.6 is 0 Å². The van der Waals surface area contributed by atoms with Gasteiger partial charge < -0.3 is 19.4 Å². The van der Waals surface area contributed by atoms with E-state index in [1.165, 1.54) is 0 Å². The fraction of sp³-hybridized carbons (Fsp3) is 0.550. The molecule has 0 saturated carbocycles. The third kappa shape index (κ3) is 11.3. The number of carbonyl (C=O) groups is 1. The number of rotatable bonds is 14. The molecule has 134 valence electrons. The van der Waals surface area contributed by atoms with Crippen molar-refractivity contribution in [2.24, 2.45) is 0 Å². The molecule has 0 atom stereocenters. The third-order valence-electron chi connectivity index (χ3n) is 3.89. The van der Waals surface area contributed by atoms with Gasteiger partial charge in [-0.05, 0) is 43.4 Å². The van der Waals surface area contributed by atoms with E-state index >= 15 is 0 Å². The summed E-state index contributed by atoms with van der Waals surface area (Å²) in [6.45, 7) is 4.42. The number of carboxylic acids is 1. The van der Waals surface area contributed by atoms with Crippen molar-refractivity contribution in [3.8, 4) is 11.5 Å². The first-order valence-electron chi connectivity index (χ1n) is 8.78. The van der Waals surface area contributed by atoms with E-state index in [-0.39, 0.29) is 36.0 Å². The van der Waals surface area contributed by atoms with Crippen molar-refractivity contribution in [1.82, 2.24) is 0 Å². The van der Waals surface area contributed by atoms with Gasteiger partial charge in [-0.25, -0.2) is 0 Å². The predicted molar refractivity (Wildman–Crippen MR) is 94.3 cm³/mol. The molecule has 0 spiro atoms. The van der Waals surface area contributed by atoms with Gasteiger partial charge in [-0.2, -0.15) is 0 Å². The molecule has 0 heterocycles. The van der Waals surface area contributed by atoms with Crippen LogP contribution in [0.3, 0.4) is 0 Å². The zero-order valence-electron chi connectivity index (χ0n) is 15.7. The summed E-state index contributed by atoms with van der Waals surface area (Å²) in [6, 6.07) is 5.98. The number of carbonyl (C=O) groups excluding carboxylic acids is 1. The van der Waals surface area contributed by atoms with Gasteiger partial charge in [0.15, 0.2) is 11.5 Å². The molecule has 0 saturated heterocycles. The average Bonchev–Trinajstić information content (AvgIpc) is 2.57. The van der Waals surface area contributed by atoms with Crippen LogP contribution in [0, 0.1) is 0 Å². The smallest absolute Gasteiger partial charge is 0.550 e. The van der Waals surface area contributed by atoms with Gasteiger partial charge in [0.2, 0.25) is 0 Å². The molecule has 1 rings (SSSR count). The fourth-order valence-corrected chi connectivity index (χ4v) is 2.56. The van der Waals surface area contributed by atoms with Crippen LogP contribution in [-0.4, -0.2) is 19.7 Å². The molecule has 0 bridgehead atoms. The summed E-state index contributed by atoms with van der Waals surface area (Å²) in [5.41, 5.74) is 1.16. The molecule has 0 aliphatic rings. The van der Waals surface area contributed by atoms with Gasteiger partial charge >= 0.3 is 29.6 Å². The van der Waals surface area contributed by atoms with Crippen LogP contribution in [0.5, 0.6) is 11.5 Å². The molecule has 25 heavy (non-hydrogen) atoms. The molecule has 1 aromatic rings. The zero-order chi connectivity index (χ0) is 17.6. The van der Waals surface area contributed by atoms with Gasteiger partial charge in [0, 0.05) is 5.97 Å². The standard InChI is InChI=1S/C20H30O4.Na/c1-3-11-17-13-14-18(19(16-17)23-2)24-15-10-8-6-4-5-7-9-12-20(21)22;/h3,13-14,16H,1,4-12,15H2,2H3,(H,21,22);/q;+1/p-1. The second-order valence-electron chi connectivity index (χ2n) is 5.92. The number of hydrogen-bond acceptors (Lipinski definition) is 4. The van der Waals surface area contributed by atoms with E-state index in [1.54, 1.807) is 7.11 Å². The Kier molecular flexibility index (Phi) is 14.7. The summed E-state index contributed by atoms with van der Waals surface area (Å²) in [5.74, 6) is 0.606. The van der Waals surface area contributed by atoms with E-state index in [1.807, 2.05) is 24.3 Å². The molecule has 0 amide bonds. The van der Waals surface area contributed by atoms with E-state index in [4.69, 9.17) is 9.47 Å². The Morgan fingerprint density at radius 2 is 1.72 bits per heavy atom. The molecule has 5 heteroatoms. The van der Waals surface area contributed by atoms with Crippen molar-refractivity contribution in [2.75, 3.05) is 13.7 Å². The van der Waals surface area contributed by atoms with Crippen LogP contribution in [0.2, 0.25) is 0 Å². The van der Waals surface area contributed by atoms with Crippen LogP contribution in [0.4, 0.5) is 0 Å². The Labute approximate surface area is 173 Å². The number of aliphatic carboxylic acids is 1. The van der Waals surface area contributed by atoms with Crippen molar-refractivity contribution in [2.45, 2.75) is 57.8 Å². The second-order valence-corrected chi connectivity index (χ2v) is 5.92. The Balaban J connectivity index is 0.00000576. The number of unbranched alkanes of at least 4 members (excludes halogenated alkanes) is 6. The number of carboxylic acid groups (broad SMARTS) is 1. The quantitative estimate of drug-likeness (QED) is 0.279. The van der Waals surface area contributed by atoms with Gasteiger partial charge in [0.05, 0.1) is 13.7 Å². The van der Waals surface area contributed by atoms with Crippen LogP contribution in [-0.2, 0) is 11.2 Å². The molecule has 0 aliphatic heterocycles. The number of hydrogen-bond donors (Lipinski definition) is 0. The number of methoxy groups -OCH3 is 1. The van der Waals surface area contributed by atoms with E-state index < -0.39 is 5.97 Å². The first-order valence-corrected chi connectivity index (χ1v) is 8.78. The van der Waals surface area contributed by atoms with Crippen molar-refractivity contribution in [1.29, 1.82) is 0 Å². The number of ether oxygens (including phenoxy) is 2. The normalized spacial score (nSPS) is 9.96. The Hall–Kier alpha value is -0.970. The molecule has 0 unspecified atom stereocenters. The van der Waals surface area contributed by atoms with Crippen LogP contribution in [0.25, 0.3) is 0 Å². The third-order valence-corrected chi connectivity index (χ3v) is 3.89. The van der Waals surface area contributed by atoms with Gasteiger partial charge in [0.1, 0.15) is 0 Å². The maximum Gasteiger partial charge on any atom is 1.00 e. The van der Waals surface area contributed by atoms with Gasteiger partial charge in [-0.1, -0.05) is 44.2 Å². The largest absolute Gasteiger partial charge is 1.00 e. The Bertz CT molecular complexity index is 502. The van der Waals surface area contributed by atoms with Gasteiger partial charge in [0.25, 0.3) is 0 Å². The predicted octanol–water partition coefficient (Wildman–Crippen LogP) is 0.677. The van der Waals surface area contributed by atoms with E-state index in [0.717, 1.165) is 68.4 Å². The summed E-state index contributed by atoms with van der Waals surface area (Å²) >= 11 is 0. The molecule has 4 nitrogen and oxygen atoms in total. The summed E-state index contributed by atoms with van der Waals surface area (Å²) < 4.78 is 11.2. The number of benzene rings is 1. The zero-order valence-corrected chi connectivity index (χ0v) is 17.7. The van der Waals surface area contributed by atoms with E-state index in [0.29, 0.717) is 6.61 Å². The van der Waals surface area contributed by atoms with Crippen molar-refractivity contribution in [3.63, 3.8) is 0 Å². The maximum absolute atomic E-state index is 10.3. The number of allylic oxidation sites excluding steroid dienone is 1. The SMILES string of the molecule is C=CCc1ccc(OCCCCCCCCCC(=O)[O-])c(OC)c1.[Na+]. The van der Waals surface area contributed by atoms with Gasteiger partial charge in [-0.3, -0.25) is 0 Å². The molecule has 0 aromatic heterocycles. The van der Waals surface area contributed by atoms with Crippen molar-refractivity contribution < 1.29 is 48.9 Å². The van der Waals surface area contributed by atoms with E-state index in [2.05, 4.69) is 6.58 Å². The first kappa shape index (κ1) is 24.0. The van der Waals surface area contributed by atoms with Gasteiger partial charge in [-0.15, -0.1) is 6.58 Å². The summed E-state index contributed by atoms with van der Waals surface area (Å²) in [6.07, 6.45) is 10.1. The molecule has 0 fully saturated rings. The van der Waals surface area contributed by atoms with Crippen LogP contribution in [0.1, 0.15) is 56.9 Å². The molecule has 0 N–H and O–H groups in total. The molecule has 0 radical (unpaired) electrons. The summed E-state index contributed by atoms with van der Waals surface area (Å²) in [7, 11) is 1.65. The van der Waals surface area contributed by atoms with Crippen LogP contribution in [0.15, 0.2) is 30.9 Å². The average molecular weight is 356 g/mol. The Morgan fingerprint density at radius 1 is 1.08 bits per heavy atom.